The third kappa shape index (κ3) is 5.91. The van der Waals surface area contributed by atoms with Crippen LogP contribution in [-0.4, -0.2) is 29.5 Å². The molecule has 3 nitrogen and oxygen atoms in total. The largest absolute Gasteiger partial charge is 0.465 e. The van der Waals surface area contributed by atoms with Crippen LogP contribution in [0.3, 0.4) is 0 Å². The van der Waals surface area contributed by atoms with Gasteiger partial charge in [0.15, 0.2) is 0 Å². The summed E-state index contributed by atoms with van der Waals surface area (Å²) in [5.74, 6) is -0.247. The molecule has 0 saturated carbocycles. The Hall–Kier alpha value is -0.220. The zero-order chi connectivity index (χ0) is 7.98. The minimum Gasteiger partial charge on any atom is -0.465 e. The summed E-state index contributed by atoms with van der Waals surface area (Å²) in [4.78, 5) is 10.4. The Morgan fingerprint density at radius 2 is 2.40 bits per heavy atom. The lowest BCUT2D eigenvalue weighted by atomic mass is 10.3. The number of carbonyl (C=O) groups is 1. The van der Waals surface area contributed by atoms with Crippen LogP contribution < -0.4 is 0 Å². The van der Waals surface area contributed by atoms with Crippen LogP contribution in [0.4, 0.5) is 0 Å². The number of rotatable bonds is 4. The molecule has 1 unspecified atom stereocenters. The highest BCUT2D eigenvalue weighted by molar-refractivity contribution is 7.81. The monoisotopic (exact) mass is 164 g/mol. The molecule has 0 amide bonds. The van der Waals surface area contributed by atoms with Gasteiger partial charge in [-0.1, -0.05) is 0 Å². The van der Waals surface area contributed by atoms with Crippen molar-refractivity contribution in [3.63, 3.8) is 0 Å². The Morgan fingerprint density at radius 1 is 1.80 bits per heavy atom. The van der Waals surface area contributed by atoms with Gasteiger partial charge in [0.25, 0.3) is 0 Å². The van der Waals surface area contributed by atoms with Crippen LogP contribution in [0, 0.1) is 0 Å². The summed E-state index contributed by atoms with van der Waals surface area (Å²) in [6, 6.07) is 0. The molecule has 0 spiro atoms. The van der Waals surface area contributed by atoms with Crippen LogP contribution in [-0.2, 0) is 9.53 Å². The summed E-state index contributed by atoms with van der Waals surface area (Å²) in [5, 5.41) is 8.73. The normalized spacial score (nSPS) is 12.7. The zero-order valence-corrected chi connectivity index (χ0v) is 6.80. The summed E-state index contributed by atoms with van der Waals surface area (Å²) in [6.45, 7) is 1.92. The summed E-state index contributed by atoms with van der Waals surface area (Å²) < 4.78 is 4.63. The molecule has 0 heterocycles. The molecule has 0 bridgehead atoms. The molecule has 10 heavy (non-hydrogen) atoms. The van der Waals surface area contributed by atoms with Gasteiger partial charge in [-0.15, -0.1) is 0 Å². The average molecular weight is 164 g/mol. The number of aliphatic hydroxyl groups excluding tert-OH is 1. The molecule has 1 atom stereocenters. The van der Waals surface area contributed by atoms with E-state index in [-0.39, 0.29) is 18.3 Å². The Kier molecular flexibility index (Phi) is 5.43. The minimum atomic E-state index is -0.410. The number of thiol groups is 1. The maximum Gasteiger partial charge on any atom is 0.315 e. The first-order valence-electron chi connectivity index (χ1n) is 3.11. The molecule has 0 saturated heterocycles. The Morgan fingerprint density at radius 3 is 2.80 bits per heavy atom. The van der Waals surface area contributed by atoms with E-state index in [1.54, 1.807) is 6.92 Å². The SMILES string of the molecule is CC(O)CCOC(=O)CS. The van der Waals surface area contributed by atoms with Gasteiger partial charge in [-0.05, 0) is 6.92 Å². The smallest absolute Gasteiger partial charge is 0.315 e. The van der Waals surface area contributed by atoms with Gasteiger partial charge in [0.2, 0.25) is 0 Å². The van der Waals surface area contributed by atoms with E-state index in [9.17, 15) is 4.79 Å². The number of carbonyl (C=O) groups excluding carboxylic acids is 1. The minimum absolute atomic E-state index is 0.0970. The van der Waals surface area contributed by atoms with Crippen molar-refractivity contribution in [1.29, 1.82) is 0 Å². The van der Waals surface area contributed by atoms with Crippen LogP contribution in [0.5, 0.6) is 0 Å². The quantitative estimate of drug-likeness (QED) is 0.462. The second-order valence-electron chi connectivity index (χ2n) is 2.02. The second-order valence-corrected chi connectivity index (χ2v) is 2.33. The predicted octanol–water partition coefficient (Wildman–Crippen LogP) is 0.230. The number of ether oxygens (including phenoxy) is 1. The second kappa shape index (κ2) is 5.56. The molecule has 0 aromatic heterocycles. The van der Waals surface area contributed by atoms with E-state index < -0.39 is 6.10 Å². The van der Waals surface area contributed by atoms with Crippen LogP contribution in [0.15, 0.2) is 0 Å². The number of hydrogen-bond acceptors (Lipinski definition) is 4. The van der Waals surface area contributed by atoms with Crippen molar-refractivity contribution in [2.45, 2.75) is 19.4 Å². The average Bonchev–Trinajstić information content (AvgIpc) is 1.87. The van der Waals surface area contributed by atoms with Crippen molar-refractivity contribution < 1.29 is 14.6 Å². The Balaban J connectivity index is 3.12. The lowest BCUT2D eigenvalue weighted by Gasteiger charge is -2.03. The van der Waals surface area contributed by atoms with E-state index in [0.717, 1.165) is 0 Å². The summed E-state index contributed by atoms with van der Waals surface area (Å²) in [6.07, 6.45) is 0.0761. The van der Waals surface area contributed by atoms with Gasteiger partial charge in [-0.3, -0.25) is 4.79 Å². The molecule has 0 aliphatic rings. The van der Waals surface area contributed by atoms with Crippen LogP contribution in [0.25, 0.3) is 0 Å². The molecule has 0 aliphatic heterocycles. The molecule has 4 heteroatoms. The molecule has 0 rings (SSSR count). The van der Waals surface area contributed by atoms with Gasteiger partial charge in [0, 0.05) is 6.42 Å². The molecular weight excluding hydrogens is 152 g/mol. The van der Waals surface area contributed by atoms with E-state index >= 15 is 0 Å². The number of esters is 1. The lowest BCUT2D eigenvalue weighted by Crippen LogP contribution is -2.11. The van der Waals surface area contributed by atoms with E-state index in [0.29, 0.717) is 6.42 Å². The van der Waals surface area contributed by atoms with E-state index in [4.69, 9.17) is 5.11 Å². The number of aliphatic hydroxyl groups is 1. The van der Waals surface area contributed by atoms with E-state index in [2.05, 4.69) is 17.4 Å². The molecule has 0 radical (unpaired) electrons. The summed E-state index contributed by atoms with van der Waals surface area (Å²) in [5.41, 5.74) is 0. The molecular formula is C6H12O3S. The highest BCUT2D eigenvalue weighted by atomic mass is 32.1. The van der Waals surface area contributed by atoms with Gasteiger partial charge < -0.3 is 9.84 Å². The molecule has 0 aromatic rings. The first-order chi connectivity index (χ1) is 4.66. The van der Waals surface area contributed by atoms with Gasteiger partial charge in [-0.25, -0.2) is 0 Å². The first-order valence-corrected chi connectivity index (χ1v) is 3.74. The summed E-state index contributed by atoms with van der Waals surface area (Å²) >= 11 is 3.70. The highest BCUT2D eigenvalue weighted by Crippen LogP contribution is 1.91. The third-order valence-corrected chi connectivity index (χ3v) is 1.19. The third-order valence-electron chi connectivity index (χ3n) is 0.928. The summed E-state index contributed by atoms with van der Waals surface area (Å²) in [7, 11) is 0. The lowest BCUT2D eigenvalue weighted by molar-refractivity contribution is -0.140. The zero-order valence-electron chi connectivity index (χ0n) is 5.91. The van der Waals surface area contributed by atoms with Gasteiger partial charge in [0.1, 0.15) is 0 Å². The standard InChI is InChI=1S/C6H12O3S/c1-5(7)2-3-9-6(8)4-10/h5,7,10H,2-4H2,1H3. The molecule has 1 N–H and O–H groups in total. The highest BCUT2D eigenvalue weighted by Gasteiger charge is 1.99. The number of hydrogen-bond donors (Lipinski definition) is 2. The van der Waals surface area contributed by atoms with Crippen LogP contribution in [0.1, 0.15) is 13.3 Å². The van der Waals surface area contributed by atoms with Crippen molar-refractivity contribution >= 4 is 18.6 Å². The molecule has 0 aliphatic carbocycles. The predicted molar refractivity (Wildman–Crippen MR) is 41.1 cm³/mol. The van der Waals surface area contributed by atoms with E-state index in [1.165, 1.54) is 0 Å². The Bertz CT molecular complexity index is 103. The molecule has 60 valence electrons. The van der Waals surface area contributed by atoms with Crippen molar-refractivity contribution in [3.05, 3.63) is 0 Å². The van der Waals surface area contributed by atoms with Crippen LogP contribution >= 0.6 is 12.6 Å². The molecule has 0 fully saturated rings. The van der Waals surface area contributed by atoms with Crippen molar-refractivity contribution in [2.75, 3.05) is 12.4 Å². The van der Waals surface area contributed by atoms with Crippen molar-refractivity contribution in [3.8, 4) is 0 Å². The fourth-order valence-electron chi connectivity index (χ4n) is 0.389. The first kappa shape index (κ1) is 9.78. The fourth-order valence-corrected chi connectivity index (χ4v) is 0.480. The van der Waals surface area contributed by atoms with Gasteiger partial charge in [-0.2, -0.15) is 12.6 Å². The van der Waals surface area contributed by atoms with Crippen molar-refractivity contribution in [2.24, 2.45) is 0 Å². The van der Waals surface area contributed by atoms with Crippen molar-refractivity contribution in [1.82, 2.24) is 0 Å². The maximum atomic E-state index is 10.4. The van der Waals surface area contributed by atoms with Gasteiger partial charge >= 0.3 is 5.97 Å². The Labute approximate surface area is 65.8 Å². The van der Waals surface area contributed by atoms with E-state index in [1.807, 2.05) is 0 Å². The topological polar surface area (TPSA) is 46.5 Å². The van der Waals surface area contributed by atoms with Gasteiger partial charge in [0.05, 0.1) is 18.5 Å². The molecule has 0 aromatic carbocycles. The maximum absolute atomic E-state index is 10.4. The fraction of sp³-hybridized carbons (Fsp3) is 0.833. The van der Waals surface area contributed by atoms with Crippen LogP contribution in [0.2, 0.25) is 0 Å².